The first-order valence-electron chi connectivity index (χ1n) is 3.78. The van der Waals surface area contributed by atoms with Gasteiger partial charge >= 0.3 is 0 Å². The molecule has 11 heavy (non-hydrogen) atoms. The van der Waals surface area contributed by atoms with Gasteiger partial charge in [0.15, 0.2) is 0 Å². The summed E-state index contributed by atoms with van der Waals surface area (Å²) in [5.41, 5.74) is 6.84. The van der Waals surface area contributed by atoms with E-state index in [-0.39, 0.29) is 11.8 Å². The summed E-state index contributed by atoms with van der Waals surface area (Å²) in [5, 5.41) is 8.97. The maximum Gasteiger partial charge on any atom is 0.115 e. The van der Waals surface area contributed by atoms with Crippen molar-refractivity contribution in [2.24, 2.45) is 5.73 Å². The van der Waals surface area contributed by atoms with Crippen molar-refractivity contribution >= 4 is 0 Å². The minimum atomic E-state index is 0.0931. The third kappa shape index (κ3) is 1.95. The van der Waals surface area contributed by atoms with Crippen LogP contribution in [0.2, 0.25) is 0 Å². The van der Waals surface area contributed by atoms with Crippen LogP contribution in [0, 0.1) is 0 Å². The lowest BCUT2D eigenvalue weighted by molar-refractivity contribution is 0.475. The molecule has 0 fully saturated rings. The Morgan fingerprint density at radius 3 is 2.36 bits per heavy atom. The second kappa shape index (κ2) is 3.39. The molecule has 0 radical (unpaired) electrons. The lowest BCUT2D eigenvalue weighted by atomic mass is 10.1. The van der Waals surface area contributed by atoms with E-state index in [0.717, 1.165) is 12.0 Å². The van der Waals surface area contributed by atoms with Crippen molar-refractivity contribution in [2.75, 3.05) is 0 Å². The molecular formula is C9H13NO. The van der Waals surface area contributed by atoms with Crippen molar-refractivity contribution in [3.8, 4) is 5.75 Å². The molecule has 0 bridgehead atoms. The van der Waals surface area contributed by atoms with Crippen molar-refractivity contribution < 1.29 is 5.11 Å². The van der Waals surface area contributed by atoms with E-state index in [1.54, 1.807) is 12.1 Å². The molecule has 0 heterocycles. The molecule has 0 saturated heterocycles. The molecule has 0 unspecified atom stereocenters. The van der Waals surface area contributed by atoms with Gasteiger partial charge in [0.2, 0.25) is 0 Å². The number of nitrogens with two attached hydrogens (primary N) is 1. The number of phenolic OH excluding ortho intramolecular Hbond substituents is 1. The smallest absolute Gasteiger partial charge is 0.115 e. The first-order chi connectivity index (χ1) is 5.24. The Balaban J connectivity index is 2.81. The van der Waals surface area contributed by atoms with E-state index in [2.05, 4.69) is 0 Å². The molecule has 2 heteroatoms. The van der Waals surface area contributed by atoms with Gasteiger partial charge in [0.25, 0.3) is 0 Å². The van der Waals surface area contributed by atoms with Crippen LogP contribution in [-0.4, -0.2) is 5.11 Å². The fraction of sp³-hybridized carbons (Fsp3) is 0.333. The highest BCUT2D eigenvalue weighted by molar-refractivity contribution is 5.27. The minimum absolute atomic E-state index is 0.0931. The Kier molecular flexibility index (Phi) is 2.49. The second-order valence-corrected chi connectivity index (χ2v) is 2.61. The molecular weight excluding hydrogens is 138 g/mol. The predicted molar refractivity (Wildman–Crippen MR) is 45.3 cm³/mol. The fourth-order valence-electron chi connectivity index (χ4n) is 0.957. The Morgan fingerprint density at radius 1 is 1.36 bits per heavy atom. The summed E-state index contributed by atoms with van der Waals surface area (Å²) in [6.07, 6.45) is 0.921. The monoisotopic (exact) mass is 151 g/mol. The average molecular weight is 151 g/mol. The predicted octanol–water partition coefficient (Wildman–Crippen LogP) is 1.80. The number of rotatable bonds is 2. The molecule has 0 amide bonds. The highest BCUT2D eigenvalue weighted by Gasteiger charge is 2.01. The topological polar surface area (TPSA) is 46.2 Å². The fourth-order valence-corrected chi connectivity index (χ4v) is 0.957. The van der Waals surface area contributed by atoms with Crippen LogP contribution >= 0.6 is 0 Å². The van der Waals surface area contributed by atoms with E-state index in [9.17, 15) is 0 Å². The van der Waals surface area contributed by atoms with E-state index in [1.165, 1.54) is 0 Å². The maximum atomic E-state index is 8.97. The highest BCUT2D eigenvalue weighted by atomic mass is 16.3. The van der Waals surface area contributed by atoms with Gasteiger partial charge in [0.05, 0.1) is 0 Å². The SMILES string of the molecule is CC[C@@H](N)c1ccc(O)cc1. The van der Waals surface area contributed by atoms with Crippen LogP contribution in [0.4, 0.5) is 0 Å². The molecule has 1 aromatic rings. The summed E-state index contributed by atoms with van der Waals surface area (Å²) in [6.45, 7) is 2.04. The van der Waals surface area contributed by atoms with Gasteiger partial charge in [-0.25, -0.2) is 0 Å². The standard InChI is InChI=1S/C9H13NO/c1-2-9(10)7-3-5-8(11)6-4-7/h3-6,9,11H,2,10H2,1H3/t9-/m1/s1. The second-order valence-electron chi connectivity index (χ2n) is 2.61. The van der Waals surface area contributed by atoms with E-state index in [4.69, 9.17) is 10.8 Å². The Bertz CT molecular complexity index is 218. The molecule has 0 spiro atoms. The van der Waals surface area contributed by atoms with Gasteiger partial charge in [-0.15, -0.1) is 0 Å². The molecule has 0 aromatic heterocycles. The zero-order valence-electron chi connectivity index (χ0n) is 6.62. The summed E-state index contributed by atoms with van der Waals surface area (Å²) in [5.74, 6) is 0.289. The van der Waals surface area contributed by atoms with Gasteiger partial charge in [-0.05, 0) is 24.1 Å². The number of benzene rings is 1. The summed E-state index contributed by atoms with van der Waals surface area (Å²) in [4.78, 5) is 0. The zero-order chi connectivity index (χ0) is 8.27. The van der Waals surface area contributed by atoms with Gasteiger partial charge in [0, 0.05) is 6.04 Å². The van der Waals surface area contributed by atoms with Crippen LogP contribution in [0.1, 0.15) is 24.9 Å². The molecule has 0 aliphatic carbocycles. The van der Waals surface area contributed by atoms with Gasteiger partial charge in [0.1, 0.15) is 5.75 Å². The van der Waals surface area contributed by atoms with E-state index >= 15 is 0 Å². The Morgan fingerprint density at radius 2 is 1.91 bits per heavy atom. The summed E-state index contributed by atoms with van der Waals surface area (Å²) >= 11 is 0. The third-order valence-electron chi connectivity index (χ3n) is 1.76. The summed E-state index contributed by atoms with van der Waals surface area (Å²) in [6, 6.07) is 7.11. The minimum Gasteiger partial charge on any atom is -0.508 e. The Labute approximate surface area is 66.7 Å². The van der Waals surface area contributed by atoms with Gasteiger partial charge in [-0.2, -0.15) is 0 Å². The largest absolute Gasteiger partial charge is 0.508 e. The first-order valence-corrected chi connectivity index (χ1v) is 3.78. The lowest BCUT2D eigenvalue weighted by Crippen LogP contribution is -2.07. The molecule has 1 rings (SSSR count). The number of hydrogen-bond donors (Lipinski definition) is 2. The highest BCUT2D eigenvalue weighted by Crippen LogP contribution is 2.16. The third-order valence-corrected chi connectivity index (χ3v) is 1.76. The molecule has 1 aromatic carbocycles. The normalized spacial score (nSPS) is 12.9. The number of aromatic hydroxyl groups is 1. The maximum absolute atomic E-state index is 8.97. The van der Waals surface area contributed by atoms with Crippen LogP contribution < -0.4 is 5.73 Å². The molecule has 0 saturated carbocycles. The van der Waals surface area contributed by atoms with Crippen molar-refractivity contribution in [1.82, 2.24) is 0 Å². The zero-order valence-corrected chi connectivity index (χ0v) is 6.62. The quantitative estimate of drug-likeness (QED) is 0.677. The summed E-state index contributed by atoms with van der Waals surface area (Å²) < 4.78 is 0. The summed E-state index contributed by atoms with van der Waals surface area (Å²) in [7, 11) is 0. The first kappa shape index (κ1) is 8.08. The number of hydrogen-bond acceptors (Lipinski definition) is 2. The van der Waals surface area contributed by atoms with Crippen LogP contribution in [0.3, 0.4) is 0 Å². The van der Waals surface area contributed by atoms with Crippen LogP contribution in [0.25, 0.3) is 0 Å². The van der Waals surface area contributed by atoms with Crippen LogP contribution in [-0.2, 0) is 0 Å². The molecule has 0 aliphatic rings. The molecule has 0 aliphatic heterocycles. The molecule has 3 N–H and O–H groups in total. The molecule has 60 valence electrons. The lowest BCUT2D eigenvalue weighted by Gasteiger charge is -2.07. The van der Waals surface area contributed by atoms with Crippen LogP contribution in [0.15, 0.2) is 24.3 Å². The molecule has 2 nitrogen and oxygen atoms in total. The Hall–Kier alpha value is -1.02. The van der Waals surface area contributed by atoms with Crippen molar-refractivity contribution in [3.05, 3.63) is 29.8 Å². The van der Waals surface area contributed by atoms with E-state index in [1.807, 2.05) is 19.1 Å². The van der Waals surface area contributed by atoms with Gasteiger partial charge < -0.3 is 10.8 Å². The van der Waals surface area contributed by atoms with Gasteiger partial charge in [-0.1, -0.05) is 19.1 Å². The van der Waals surface area contributed by atoms with Crippen molar-refractivity contribution in [3.63, 3.8) is 0 Å². The average Bonchev–Trinajstić information content (AvgIpc) is 2.05. The van der Waals surface area contributed by atoms with E-state index < -0.39 is 0 Å². The van der Waals surface area contributed by atoms with Crippen molar-refractivity contribution in [2.45, 2.75) is 19.4 Å². The van der Waals surface area contributed by atoms with Crippen LogP contribution in [0.5, 0.6) is 5.75 Å². The molecule has 1 atom stereocenters. The van der Waals surface area contributed by atoms with E-state index in [0.29, 0.717) is 0 Å². The van der Waals surface area contributed by atoms with Crippen molar-refractivity contribution in [1.29, 1.82) is 0 Å². The number of phenols is 1. The van der Waals surface area contributed by atoms with Gasteiger partial charge in [-0.3, -0.25) is 0 Å².